The third kappa shape index (κ3) is 6.38. The summed E-state index contributed by atoms with van der Waals surface area (Å²) >= 11 is 0. The molecule has 0 fully saturated rings. The summed E-state index contributed by atoms with van der Waals surface area (Å²) < 4.78 is 21.1. The largest absolute Gasteiger partial charge is 0.497 e. The number of carbonyl (C=O) groups excluding carboxylic acids is 2. The maximum Gasteiger partial charge on any atom is 0.407 e. The Morgan fingerprint density at radius 2 is 1.74 bits per heavy atom. The zero-order valence-corrected chi connectivity index (χ0v) is 19.2. The van der Waals surface area contributed by atoms with Crippen LogP contribution in [0.25, 0.3) is 21.7 Å². The van der Waals surface area contributed by atoms with E-state index in [0.29, 0.717) is 28.7 Å². The van der Waals surface area contributed by atoms with Gasteiger partial charge in [0.1, 0.15) is 24.5 Å². The second-order valence-electron chi connectivity index (χ2n) is 7.90. The molecule has 8 nitrogen and oxygen atoms in total. The third-order valence-corrected chi connectivity index (χ3v) is 5.42. The molecule has 1 aromatic heterocycles. The minimum atomic E-state index is -0.547. The van der Waals surface area contributed by atoms with Gasteiger partial charge in [-0.1, -0.05) is 36.4 Å². The molecule has 1 amide bonds. The van der Waals surface area contributed by atoms with Gasteiger partial charge in [0.25, 0.3) is 0 Å². The quantitative estimate of drug-likeness (QED) is 0.162. The first-order chi connectivity index (χ1) is 17.0. The number of hydrogen-bond acceptors (Lipinski definition) is 7. The summed E-state index contributed by atoms with van der Waals surface area (Å²) in [6.45, 7) is 0.391. The van der Waals surface area contributed by atoms with E-state index in [2.05, 4.69) is 5.32 Å². The van der Waals surface area contributed by atoms with Gasteiger partial charge in [-0.3, -0.25) is 4.79 Å². The molecule has 0 atom stereocenters. The SMILES string of the molecule is COc1ccc2cc3c(COC(=O)CCCNC(=O)OCc4ccccc4)cc(=O)oc3cc2c1. The molecule has 0 aliphatic heterocycles. The molecular weight excluding hydrogens is 450 g/mol. The molecule has 0 unspecified atom stereocenters. The van der Waals surface area contributed by atoms with E-state index in [4.69, 9.17) is 18.6 Å². The Kier molecular flexibility index (Phi) is 7.62. The number of fused-ring (bicyclic) bond motifs is 2. The minimum Gasteiger partial charge on any atom is -0.497 e. The fourth-order valence-corrected chi connectivity index (χ4v) is 3.62. The van der Waals surface area contributed by atoms with Crippen LogP contribution < -0.4 is 15.7 Å². The number of nitrogens with one attached hydrogen (secondary N) is 1. The number of alkyl carbamates (subject to hydrolysis) is 1. The van der Waals surface area contributed by atoms with Gasteiger partial charge in [-0.2, -0.15) is 0 Å². The van der Waals surface area contributed by atoms with Crippen molar-refractivity contribution < 1.29 is 28.2 Å². The lowest BCUT2D eigenvalue weighted by molar-refractivity contribution is -0.145. The summed E-state index contributed by atoms with van der Waals surface area (Å²) in [4.78, 5) is 36.0. The summed E-state index contributed by atoms with van der Waals surface area (Å²) in [5, 5.41) is 5.10. The maximum atomic E-state index is 12.2. The molecule has 35 heavy (non-hydrogen) atoms. The molecule has 0 saturated carbocycles. The van der Waals surface area contributed by atoms with Crippen LogP contribution >= 0.6 is 0 Å². The summed E-state index contributed by atoms with van der Waals surface area (Å²) in [5.41, 5.74) is 1.33. The highest BCUT2D eigenvalue weighted by molar-refractivity contribution is 5.97. The van der Waals surface area contributed by atoms with E-state index in [9.17, 15) is 14.4 Å². The van der Waals surface area contributed by atoms with E-state index in [-0.39, 0.29) is 26.2 Å². The predicted octanol–water partition coefficient (Wildman–Crippen LogP) is 4.70. The number of methoxy groups -OCH3 is 1. The van der Waals surface area contributed by atoms with Crippen molar-refractivity contribution in [2.45, 2.75) is 26.1 Å². The van der Waals surface area contributed by atoms with Crippen molar-refractivity contribution in [2.24, 2.45) is 0 Å². The van der Waals surface area contributed by atoms with Crippen LogP contribution in [-0.2, 0) is 27.5 Å². The lowest BCUT2D eigenvalue weighted by Gasteiger charge is -2.10. The van der Waals surface area contributed by atoms with E-state index in [1.165, 1.54) is 6.07 Å². The molecule has 0 aliphatic rings. The fourth-order valence-electron chi connectivity index (χ4n) is 3.62. The number of carbonyl (C=O) groups is 2. The van der Waals surface area contributed by atoms with E-state index in [1.807, 2.05) is 54.6 Å². The molecule has 0 spiro atoms. The van der Waals surface area contributed by atoms with Gasteiger partial charge in [0.2, 0.25) is 0 Å². The van der Waals surface area contributed by atoms with Crippen molar-refractivity contribution in [3.63, 3.8) is 0 Å². The minimum absolute atomic E-state index is 0.0604. The number of ether oxygens (including phenoxy) is 3. The Hall–Kier alpha value is -4.33. The van der Waals surface area contributed by atoms with E-state index < -0.39 is 17.7 Å². The van der Waals surface area contributed by atoms with Crippen molar-refractivity contribution in [2.75, 3.05) is 13.7 Å². The first-order valence-corrected chi connectivity index (χ1v) is 11.2. The molecular formula is C27H25NO7. The van der Waals surface area contributed by atoms with Crippen molar-refractivity contribution in [1.29, 1.82) is 0 Å². The number of rotatable bonds is 9. The molecule has 0 radical (unpaired) electrons. The van der Waals surface area contributed by atoms with Crippen molar-refractivity contribution >= 4 is 33.8 Å². The van der Waals surface area contributed by atoms with Gasteiger partial charge in [-0.15, -0.1) is 0 Å². The van der Waals surface area contributed by atoms with Crippen LogP contribution in [0.15, 0.2) is 75.9 Å². The highest BCUT2D eigenvalue weighted by Crippen LogP contribution is 2.27. The van der Waals surface area contributed by atoms with Crippen LogP contribution in [-0.4, -0.2) is 25.7 Å². The molecule has 8 heteroatoms. The highest BCUT2D eigenvalue weighted by atomic mass is 16.5. The van der Waals surface area contributed by atoms with Gasteiger partial charge < -0.3 is 23.9 Å². The van der Waals surface area contributed by atoms with Crippen molar-refractivity contribution in [3.05, 3.63) is 88.3 Å². The maximum absolute atomic E-state index is 12.2. The van der Waals surface area contributed by atoms with Crippen LogP contribution in [0.3, 0.4) is 0 Å². The zero-order chi connectivity index (χ0) is 24.6. The Morgan fingerprint density at radius 3 is 2.54 bits per heavy atom. The number of amides is 1. The van der Waals surface area contributed by atoms with Gasteiger partial charge in [-0.25, -0.2) is 9.59 Å². The second-order valence-corrected chi connectivity index (χ2v) is 7.90. The number of esters is 1. The Balaban J connectivity index is 1.28. The molecule has 0 aliphatic carbocycles. The molecule has 3 aromatic carbocycles. The summed E-state index contributed by atoms with van der Waals surface area (Å²) in [6.07, 6.45) is -0.0423. The van der Waals surface area contributed by atoms with Crippen LogP contribution in [0.1, 0.15) is 24.0 Å². The first-order valence-electron chi connectivity index (χ1n) is 11.2. The molecule has 4 aromatic rings. The lowest BCUT2D eigenvalue weighted by atomic mass is 10.0. The lowest BCUT2D eigenvalue weighted by Crippen LogP contribution is -2.25. The standard InChI is InChI=1S/C27H25NO7/c1-32-22-10-9-19-13-23-21(15-26(30)35-24(23)14-20(19)12-22)17-33-25(29)8-5-11-28-27(31)34-16-18-6-3-2-4-7-18/h2-4,6-7,9-10,12-15H,5,8,11,16-17H2,1H3,(H,28,31). The van der Waals surface area contributed by atoms with E-state index >= 15 is 0 Å². The van der Waals surface area contributed by atoms with Gasteiger partial charge in [0.05, 0.1) is 7.11 Å². The van der Waals surface area contributed by atoms with E-state index in [1.54, 1.807) is 13.2 Å². The Morgan fingerprint density at radius 1 is 0.914 bits per heavy atom. The first kappa shape index (κ1) is 23.8. The Labute approximate surface area is 201 Å². The van der Waals surface area contributed by atoms with Crippen molar-refractivity contribution in [3.8, 4) is 5.75 Å². The molecule has 0 bridgehead atoms. The highest BCUT2D eigenvalue weighted by Gasteiger charge is 2.11. The van der Waals surface area contributed by atoms with Gasteiger partial charge in [-0.05, 0) is 47.0 Å². The average molecular weight is 475 g/mol. The molecule has 0 saturated heterocycles. The number of hydrogen-bond donors (Lipinski definition) is 1. The molecule has 1 N–H and O–H groups in total. The van der Waals surface area contributed by atoms with Crippen molar-refractivity contribution in [1.82, 2.24) is 5.32 Å². The smallest absolute Gasteiger partial charge is 0.407 e. The second kappa shape index (κ2) is 11.2. The summed E-state index contributed by atoms with van der Waals surface area (Å²) in [5.74, 6) is 0.264. The molecule has 4 rings (SSSR count). The molecule has 180 valence electrons. The van der Waals surface area contributed by atoms with Crippen LogP contribution in [0, 0.1) is 0 Å². The molecule has 1 heterocycles. The Bertz CT molecular complexity index is 1400. The average Bonchev–Trinajstić information content (AvgIpc) is 2.87. The van der Waals surface area contributed by atoms with Gasteiger partial charge in [0, 0.05) is 30.0 Å². The normalized spacial score (nSPS) is 10.8. The number of benzene rings is 3. The van der Waals surface area contributed by atoms with Gasteiger partial charge >= 0.3 is 17.7 Å². The summed E-state index contributed by atoms with van der Waals surface area (Å²) in [6, 6.07) is 19.9. The summed E-state index contributed by atoms with van der Waals surface area (Å²) in [7, 11) is 1.59. The van der Waals surface area contributed by atoms with Crippen LogP contribution in [0.2, 0.25) is 0 Å². The zero-order valence-electron chi connectivity index (χ0n) is 19.2. The third-order valence-electron chi connectivity index (χ3n) is 5.42. The van der Waals surface area contributed by atoms with E-state index in [0.717, 1.165) is 16.3 Å². The van der Waals surface area contributed by atoms with Crippen LogP contribution in [0.5, 0.6) is 5.75 Å². The van der Waals surface area contributed by atoms with Gasteiger partial charge in [0.15, 0.2) is 0 Å². The van der Waals surface area contributed by atoms with Crippen LogP contribution in [0.4, 0.5) is 4.79 Å². The monoisotopic (exact) mass is 475 g/mol. The topological polar surface area (TPSA) is 104 Å². The fraction of sp³-hybridized carbons (Fsp3) is 0.222. The predicted molar refractivity (Wildman–Crippen MR) is 130 cm³/mol.